The number of fused-ring (bicyclic) bond motifs is 1. The highest BCUT2D eigenvalue weighted by Gasteiger charge is 2.33. The van der Waals surface area contributed by atoms with E-state index in [1.165, 1.54) is 34.1 Å². The molecule has 12 heteroatoms. The van der Waals surface area contributed by atoms with Gasteiger partial charge in [0.15, 0.2) is 10.9 Å². The number of ether oxygens (including phenoxy) is 1. The van der Waals surface area contributed by atoms with Crippen molar-refractivity contribution in [1.29, 1.82) is 0 Å². The highest BCUT2D eigenvalue weighted by atomic mass is 32.1. The van der Waals surface area contributed by atoms with Crippen LogP contribution in [0.4, 0.5) is 14.9 Å². The highest BCUT2D eigenvalue weighted by molar-refractivity contribution is 7.80. The minimum absolute atomic E-state index is 0.0942. The van der Waals surface area contributed by atoms with Crippen molar-refractivity contribution in [2.24, 2.45) is 0 Å². The van der Waals surface area contributed by atoms with Gasteiger partial charge in [-0.05, 0) is 54.7 Å². The summed E-state index contributed by atoms with van der Waals surface area (Å²) in [5.41, 5.74) is 2.27. The lowest BCUT2D eigenvalue weighted by Crippen LogP contribution is -2.43. The van der Waals surface area contributed by atoms with E-state index in [0.717, 1.165) is 0 Å². The van der Waals surface area contributed by atoms with Crippen LogP contribution in [-0.2, 0) is 4.74 Å². The summed E-state index contributed by atoms with van der Waals surface area (Å²) in [6.45, 7) is 0.348. The average Bonchev–Trinajstić information content (AvgIpc) is 3.46. The van der Waals surface area contributed by atoms with Crippen LogP contribution >= 0.6 is 12.2 Å². The first-order valence-corrected chi connectivity index (χ1v) is 11.0. The lowest BCUT2D eigenvalue weighted by atomic mass is 10.2. The van der Waals surface area contributed by atoms with Crippen molar-refractivity contribution >= 4 is 46.1 Å². The third kappa shape index (κ3) is 4.64. The minimum Gasteiger partial charge on any atom is -0.442 e. The first kappa shape index (κ1) is 22.3. The maximum Gasteiger partial charge on any atom is 0.414 e. The predicted octanol–water partition coefficient (Wildman–Crippen LogP) is 2.58. The topological polar surface area (TPSA) is 114 Å². The molecule has 0 spiro atoms. The van der Waals surface area contributed by atoms with Crippen molar-refractivity contribution in [2.75, 3.05) is 18.0 Å². The second kappa shape index (κ2) is 9.43. The molecule has 0 bridgehead atoms. The second-order valence-electron chi connectivity index (χ2n) is 7.64. The van der Waals surface area contributed by atoms with Crippen molar-refractivity contribution in [3.05, 3.63) is 78.4 Å². The van der Waals surface area contributed by atoms with Crippen molar-refractivity contribution in [1.82, 2.24) is 30.6 Å². The first-order chi connectivity index (χ1) is 17.0. The van der Waals surface area contributed by atoms with Gasteiger partial charge in [-0.2, -0.15) is 0 Å². The van der Waals surface area contributed by atoms with Gasteiger partial charge in [0.2, 0.25) is 0 Å². The number of aromatic nitrogens is 4. The predicted molar refractivity (Wildman–Crippen MR) is 129 cm³/mol. The van der Waals surface area contributed by atoms with Gasteiger partial charge in [-0.1, -0.05) is 17.3 Å². The Labute approximate surface area is 203 Å². The number of nitrogens with zero attached hydrogens (tertiary/aromatic N) is 5. The molecule has 3 heterocycles. The molecule has 176 valence electrons. The standard InChI is InChI=1S/C23H18FN7O3S/c24-17-11-15(5-6-19(17)31-20-4-2-1-3-18(20)28-29-31)30-13-16(34-23(30)33)12-26-22(35)27-21(32)14-7-9-25-10-8-14/h1-11,16H,12-13H2,(H2,26,27,32,35)/t16-/m0/s1. The number of anilines is 1. The van der Waals surface area contributed by atoms with Gasteiger partial charge in [0.1, 0.15) is 17.3 Å². The molecule has 2 N–H and O–H groups in total. The van der Waals surface area contributed by atoms with Crippen molar-refractivity contribution < 1.29 is 18.7 Å². The highest BCUT2D eigenvalue weighted by Crippen LogP contribution is 2.26. The maximum atomic E-state index is 15.0. The van der Waals surface area contributed by atoms with E-state index in [9.17, 15) is 14.0 Å². The summed E-state index contributed by atoms with van der Waals surface area (Å²) in [6.07, 6.45) is 1.84. The van der Waals surface area contributed by atoms with Crippen LogP contribution in [0.15, 0.2) is 67.0 Å². The summed E-state index contributed by atoms with van der Waals surface area (Å²) in [5, 5.41) is 13.6. The third-order valence-corrected chi connectivity index (χ3v) is 5.60. The lowest BCUT2D eigenvalue weighted by molar-refractivity contribution is 0.0975. The number of nitrogens with one attached hydrogen (secondary N) is 2. The van der Waals surface area contributed by atoms with E-state index in [1.54, 1.807) is 30.3 Å². The summed E-state index contributed by atoms with van der Waals surface area (Å²) < 4.78 is 21.8. The van der Waals surface area contributed by atoms with Crippen LogP contribution in [0, 0.1) is 5.82 Å². The normalized spacial score (nSPS) is 15.2. The largest absolute Gasteiger partial charge is 0.442 e. The molecule has 1 aliphatic heterocycles. The Morgan fingerprint density at radius 1 is 1.17 bits per heavy atom. The summed E-state index contributed by atoms with van der Waals surface area (Å²) in [4.78, 5) is 29.7. The van der Waals surface area contributed by atoms with Gasteiger partial charge in [0, 0.05) is 18.0 Å². The van der Waals surface area contributed by atoms with Crippen LogP contribution in [0.1, 0.15) is 10.4 Å². The molecule has 2 amide bonds. The van der Waals surface area contributed by atoms with Crippen molar-refractivity contribution in [2.45, 2.75) is 6.10 Å². The molecule has 2 aromatic heterocycles. The van der Waals surface area contributed by atoms with Crippen LogP contribution in [0.2, 0.25) is 0 Å². The number of hydrogen-bond acceptors (Lipinski definition) is 7. The van der Waals surface area contributed by atoms with Gasteiger partial charge >= 0.3 is 6.09 Å². The van der Waals surface area contributed by atoms with E-state index in [1.807, 2.05) is 12.1 Å². The Morgan fingerprint density at radius 3 is 2.77 bits per heavy atom. The zero-order valence-corrected chi connectivity index (χ0v) is 18.9. The number of para-hydroxylation sites is 1. The Balaban J connectivity index is 1.21. The monoisotopic (exact) mass is 491 g/mol. The molecular formula is C23H18FN7O3S. The van der Waals surface area contributed by atoms with Gasteiger partial charge in [-0.25, -0.2) is 13.9 Å². The zero-order valence-electron chi connectivity index (χ0n) is 18.1. The van der Waals surface area contributed by atoms with Gasteiger partial charge in [-0.15, -0.1) is 5.10 Å². The smallest absolute Gasteiger partial charge is 0.414 e. The molecule has 5 rings (SSSR count). The molecule has 1 atom stereocenters. The van der Waals surface area contributed by atoms with Crippen molar-refractivity contribution in [3.8, 4) is 5.69 Å². The van der Waals surface area contributed by atoms with Gasteiger partial charge in [0.05, 0.1) is 24.3 Å². The minimum atomic E-state index is -0.609. The maximum absolute atomic E-state index is 15.0. The first-order valence-electron chi connectivity index (χ1n) is 10.6. The number of hydrogen-bond donors (Lipinski definition) is 2. The van der Waals surface area contributed by atoms with E-state index < -0.39 is 18.0 Å². The fourth-order valence-corrected chi connectivity index (χ4v) is 3.83. The Morgan fingerprint density at radius 2 is 1.97 bits per heavy atom. The Kier molecular flexibility index (Phi) is 6.02. The molecule has 10 nitrogen and oxygen atoms in total. The number of carbonyl (C=O) groups excluding carboxylic acids is 2. The van der Waals surface area contributed by atoms with Gasteiger partial charge < -0.3 is 10.1 Å². The van der Waals surface area contributed by atoms with Crippen LogP contribution in [0.3, 0.4) is 0 Å². The third-order valence-electron chi connectivity index (χ3n) is 5.36. The number of pyridine rings is 1. The second-order valence-corrected chi connectivity index (χ2v) is 8.05. The molecule has 4 aromatic rings. The number of halogens is 1. The van der Waals surface area contributed by atoms with E-state index in [2.05, 4.69) is 25.9 Å². The average molecular weight is 492 g/mol. The molecule has 0 aliphatic carbocycles. The molecule has 0 radical (unpaired) electrons. The number of rotatable bonds is 5. The van der Waals surface area contributed by atoms with Gasteiger partial charge in [-0.3, -0.25) is 20.0 Å². The van der Waals surface area contributed by atoms with Crippen LogP contribution < -0.4 is 15.5 Å². The van der Waals surface area contributed by atoms with E-state index in [0.29, 0.717) is 22.3 Å². The number of thiocarbonyl (C=S) groups is 1. The summed E-state index contributed by atoms with van der Waals surface area (Å²) in [5.74, 6) is -0.946. The van der Waals surface area contributed by atoms with Crippen molar-refractivity contribution in [3.63, 3.8) is 0 Å². The number of benzene rings is 2. The van der Waals surface area contributed by atoms with Crippen LogP contribution in [-0.4, -0.2) is 56.3 Å². The van der Waals surface area contributed by atoms with E-state index in [4.69, 9.17) is 17.0 Å². The summed E-state index contributed by atoms with van der Waals surface area (Å²) in [7, 11) is 0. The SMILES string of the molecule is O=C(NC(=S)NC[C@H]1CN(c2ccc(-n3nnc4ccccc43)c(F)c2)C(=O)O1)c1ccncc1. The molecule has 0 unspecified atom stereocenters. The fraction of sp³-hybridized carbons (Fsp3) is 0.130. The number of cyclic esters (lactones) is 1. The van der Waals surface area contributed by atoms with Crippen LogP contribution in [0.25, 0.3) is 16.7 Å². The Bertz CT molecular complexity index is 1430. The number of amides is 2. The van der Waals surface area contributed by atoms with Crippen LogP contribution in [0.5, 0.6) is 0 Å². The van der Waals surface area contributed by atoms with E-state index >= 15 is 0 Å². The number of carbonyl (C=O) groups is 2. The molecule has 1 aliphatic rings. The fourth-order valence-electron chi connectivity index (χ4n) is 3.65. The molecule has 2 aromatic carbocycles. The molecule has 1 saturated heterocycles. The molecular weight excluding hydrogens is 473 g/mol. The Hall–Kier alpha value is -4.45. The quantitative estimate of drug-likeness (QED) is 0.410. The van der Waals surface area contributed by atoms with E-state index in [-0.39, 0.29) is 29.8 Å². The molecule has 0 saturated carbocycles. The lowest BCUT2D eigenvalue weighted by Gasteiger charge is -2.15. The van der Waals surface area contributed by atoms with Gasteiger partial charge in [0.25, 0.3) is 5.91 Å². The summed E-state index contributed by atoms with van der Waals surface area (Å²) in [6, 6.07) is 14.8. The molecule has 1 fully saturated rings. The summed E-state index contributed by atoms with van der Waals surface area (Å²) >= 11 is 5.15. The molecule has 35 heavy (non-hydrogen) atoms. The zero-order chi connectivity index (χ0) is 24.4.